The van der Waals surface area contributed by atoms with Gasteiger partial charge in [-0.2, -0.15) is 12.6 Å². The van der Waals surface area contributed by atoms with Gasteiger partial charge in [-0.3, -0.25) is 19.2 Å². The average Bonchev–Trinajstić information content (AvgIpc) is 3.12. The van der Waals surface area contributed by atoms with E-state index >= 15 is 0 Å². The van der Waals surface area contributed by atoms with Gasteiger partial charge in [-0.05, 0) is 26.3 Å². The molecular formula is C15H24N4O7S. The summed E-state index contributed by atoms with van der Waals surface area (Å²) in [5.41, 5.74) is 0. The molecule has 0 spiro atoms. The molecule has 1 rings (SSSR count). The van der Waals surface area contributed by atoms with E-state index in [0.29, 0.717) is 13.0 Å². The monoisotopic (exact) mass is 404 g/mol. The number of carboxylic acid groups (broad SMARTS) is 2. The molecule has 1 heterocycles. The average molecular weight is 404 g/mol. The third-order valence-corrected chi connectivity index (χ3v) is 4.30. The highest BCUT2D eigenvalue weighted by molar-refractivity contribution is 7.80. The quantitative estimate of drug-likeness (QED) is 0.199. The second kappa shape index (κ2) is 10.7. The molecule has 11 nitrogen and oxygen atoms in total. The fourth-order valence-electron chi connectivity index (χ4n) is 2.43. The van der Waals surface area contributed by atoms with E-state index < -0.39 is 54.3 Å². The Morgan fingerprint density at radius 3 is 2.19 bits per heavy atom. The maximum atomic E-state index is 12.2. The number of carboxylic acids is 2. The van der Waals surface area contributed by atoms with Gasteiger partial charge in [0.2, 0.25) is 17.7 Å². The fourth-order valence-corrected chi connectivity index (χ4v) is 2.67. The zero-order valence-corrected chi connectivity index (χ0v) is 15.6. The van der Waals surface area contributed by atoms with Crippen LogP contribution in [0, 0.1) is 0 Å². The number of amides is 3. The molecule has 1 saturated heterocycles. The zero-order chi connectivity index (χ0) is 20.6. The molecule has 0 aromatic rings. The van der Waals surface area contributed by atoms with Crippen LogP contribution in [0.5, 0.6) is 0 Å². The normalized spacial score (nSPS) is 19.4. The van der Waals surface area contributed by atoms with Gasteiger partial charge in [-0.25, -0.2) is 4.79 Å². The molecule has 1 aliphatic rings. The van der Waals surface area contributed by atoms with E-state index in [2.05, 4.69) is 33.9 Å². The molecule has 1 fully saturated rings. The molecule has 4 unspecified atom stereocenters. The molecule has 12 heteroatoms. The molecule has 152 valence electrons. The third kappa shape index (κ3) is 7.43. The molecular weight excluding hydrogens is 380 g/mol. The van der Waals surface area contributed by atoms with Crippen LogP contribution in [0.1, 0.15) is 26.2 Å². The molecule has 0 radical (unpaired) electrons. The Labute approximate surface area is 161 Å². The van der Waals surface area contributed by atoms with Gasteiger partial charge >= 0.3 is 11.9 Å². The standard InChI is InChI=1S/C15H24N4O7S/c1-7(17-13(23)8-3-2-4-16-8)12(22)18-9(5-11(20)21)14(24)19-10(6-27)15(25)26/h7-10,16,27H,2-6H2,1H3,(H,17,23)(H,18,22)(H,19,24)(H,20,21)(H,25,26). The van der Waals surface area contributed by atoms with E-state index in [1.54, 1.807) is 0 Å². The Hall–Kier alpha value is -2.34. The number of aliphatic carboxylic acids is 2. The van der Waals surface area contributed by atoms with Crippen LogP contribution in [-0.2, 0) is 24.0 Å². The van der Waals surface area contributed by atoms with Crippen molar-refractivity contribution in [2.75, 3.05) is 12.3 Å². The third-order valence-electron chi connectivity index (χ3n) is 3.94. The second-order valence-electron chi connectivity index (χ2n) is 6.12. The molecule has 0 bridgehead atoms. The van der Waals surface area contributed by atoms with Crippen molar-refractivity contribution in [1.82, 2.24) is 21.3 Å². The smallest absolute Gasteiger partial charge is 0.327 e. The van der Waals surface area contributed by atoms with E-state index in [1.165, 1.54) is 6.92 Å². The first-order valence-electron chi connectivity index (χ1n) is 8.35. The van der Waals surface area contributed by atoms with Gasteiger partial charge in [0.1, 0.15) is 18.1 Å². The maximum absolute atomic E-state index is 12.2. The van der Waals surface area contributed by atoms with Crippen LogP contribution in [-0.4, -0.2) is 76.3 Å². The molecule has 0 aromatic heterocycles. The number of thiol groups is 1. The van der Waals surface area contributed by atoms with Gasteiger partial charge in [0, 0.05) is 5.75 Å². The minimum atomic E-state index is -1.50. The molecule has 4 atom stereocenters. The molecule has 0 saturated carbocycles. The minimum Gasteiger partial charge on any atom is -0.481 e. The highest BCUT2D eigenvalue weighted by Gasteiger charge is 2.30. The summed E-state index contributed by atoms with van der Waals surface area (Å²) in [6.07, 6.45) is 0.737. The number of hydrogen-bond donors (Lipinski definition) is 7. The zero-order valence-electron chi connectivity index (χ0n) is 14.7. The molecule has 6 N–H and O–H groups in total. The predicted molar refractivity (Wildman–Crippen MR) is 96.2 cm³/mol. The van der Waals surface area contributed by atoms with Crippen molar-refractivity contribution in [2.45, 2.75) is 50.4 Å². The Morgan fingerprint density at radius 2 is 1.70 bits per heavy atom. The number of hydrogen-bond acceptors (Lipinski definition) is 7. The lowest BCUT2D eigenvalue weighted by Gasteiger charge is -2.22. The first-order valence-corrected chi connectivity index (χ1v) is 8.99. The van der Waals surface area contributed by atoms with Crippen LogP contribution < -0.4 is 21.3 Å². The van der Waals surface area contributed by atoms with Gasteiger partial charge in [-0.15, -0.1) is 0 Å². The van der Waals surface area contributed by atoms with Gasteiger partial charge < -0.3 is 31.5 Å². The van der Waals surface area contributed by atoms with E-state index in [0.717, 1.165) is 6.42 Å². The molecule has 1 aliphatic heterocycles. The van der Waals surface area contributed by atoms with Crippen molar-refractivity contribution in [3.05, 3.63) is 0 Å². The fraction of sp³-hybridized carbons (Fsp3) is 0.667. The van der Waals surface area contributed by atoms with Gasteiger partial charge in [0.15, 0.2) is 0 Å². The van der Waals surface area contributed by atoms with E-state index in [1.807, 2.05) is 0 Å². The summed E-state index contributed by atoms with van der Waals surface area (Å²) in [6.45, 7) is 2.10. The van der Waals surface area contributed by atoms with Crippen LogP contribution in [0.15, 0.2) is 0 Å². The summed E-state index contributed by atoms with van der Waals surface area (Å²) in [6, 6.07) is -4.24. The van der Waals surface area contributed by atoms with Crippen molar-refractivity contribution in [3.63, 3.8) is 0 Å². The Kier molecular flexibility index (Phi) is 9.02. The lowest BCUT2D eigenvalue weighted by Crippen LogP contribution is -2.57. The lowest BCUT2D eigenvalue weighted by atomic mass is 10.1. The van der Waals surface area contributed by atoms with Crippen molar-refractivity contribution < 1.29 is 34.2 Å². The van der Waals surface area contributed by atoms with Crippen LogP contribution in [0.25, 0.3) is 0 Å². The summed E-state index contributed by atoms with van der Waals surface area (Å²) in [4.78, 5) is 58.3. The maximum Gasteiger partial charge on any atom is 0.327 e. The van der Waals surface area contributed by atoms with Crippen LogP contribution >= 0.6 is 12.6 Å². The number of carbonyl (C=O) groups excluding carboxylic acids is 3. The summed E-state index contributed by atoms with van der Waals surface area (Å²) in [5.74, 6) is -5.02. The van der Waals surface area contributed by atoms with Gasteiger partial charge in [-0.1, -0.05) is 0 Å². The van der Waals surface area contributed by atoms with E-state index in [-0.39, 0.29) is 11.7 Å². The molecule has 27 heavy (non-hydrogen) atoms. The number of rotatable bonds is 10. The van der Waals surface area contributed by atoms with E-state index in [4.69, 9.17) is 10.2 Å². The summed E-state index contributed by atoms with van der Waals surface area (Å²) in [5, 5.41) is 27.7. The van der Waals surface area contributed by atoms with Crippen LogP contribution in [0.2, 0.25) is 0 Å². The predicted octanol–water partition coefficient (Wildman–Crippen LogP) is -2.30. The van der Waals surface area contributed by atoms with Crippen molar-refractivity contribution >= 4 is 42.3 Å². The minimum absolute atomic E-state index is 0.213. The Balaban J connectivity index is 2.69. The van der Waals surface area contributed by atoms with Crippen LogP contribution in [0.4, 0.5) is 0 Å². The molecule has 0 aliphatic carbocycles. The Morgan fingerprint density at radius 1 is 1.07 bits per heavy atom. The second-order valence-corrected chi connectivity index (χ2v) is 6.49. The molecule has 3 amide bonds. The topological polar surface area (TPSA) is 174 Å². The van der Waals surface area contributed by atoms with Gasteiger partial charge in [0.05, 0.1) is 12.5 Å². The van der Waals surface area contributed by atoms with Crippen molar-refractivity contribution in [2.24, 2.45) is 0 Å². The Bertz CT molecular complexity index is 595. The highest BCUT2D eigenvalue weighted by atomic mass is 32.1. The number of carbonyl (C=O) groups is 5. The summed E-state index contributed by atoms with van der Waals surface area (Å²) < 4.78 is 0. The van der Waals surface area contributed by atoms with E-state index in [9.17, 15) is 24.0 Å². The summed E-state index contributed by atoms with van der Waals surface area (Å²) in [7, 11) is 0. The van der Waals surface area contributed by atoms with Crippen molar-refractivity contribution in [3.8, 4) is 0 Å². The largest absolute Gasteiger partial charge is 0.481 e. The molecule has 0 aromatic carbocycles. The lowest BCUT2D eigenvalue weighted by molar-refractivity contribution is -0.143. The summed E-state index contributed by atoms with van der Waals surface area (Å²) >= 11 is 3.80. The number of nitrogens with one attached hydrogen (secondary N) is 4. The van der Waals surface area contributed by atoms with Crippen molar-refractivity contribution in [1.29, 1.82) is 0 Å². The van der Waals surface area contributed by atoms with Gasteiger partial charge in [0.25, 0.3) is 0 Å². The first-order chi connectivity index (χ1) is 12.6. The first kappa shape index (κ1) is 22.7. The SMILES string of the molecule is CC(NC(=O)C1CCCN1)C(=O)NC(CC(=O)O)C(=O)NC(CS)C(=O)O. The van der Waals surface area contributed by atoms with Crippen LogP contribution in [0.3, 0.4) is 0 Å². The highest BCUT2D eigenvalue weighted by Crippen LogP contribution is 2.05.